The first-order chi connectivity index (χ1) is 47.4. The predicted molar refractivity (Wildman–Crippen MR) is 415 cm³/mol. The van der Waals surface area contributed by atoms with E-state index >= 15 is 0 Å². The van der Waals surface area contributed by atoms with Crippen LogP contribution in [-0.2, 0) is 22.7 Å². The van der Waals surface area contributed by atoms with Crippen LogP contribution < -0.4 is 0 Å². The number of aryl methyl sites for hydroxylation is 1. The largest absolute Gasteiger partial charge is 0.0654 e. The van der Waals surface area contributed by atoms with E-state index in [2.05, 4.69) is 334 Å². The maximum Gasteiger partial charge on any atom is 0.0159 e. The molecule has 0 atom stereocenters. The summed E-state index contributed by atoms with van der Waals surface area (Å²) in [5, 5.41) is 15.3. The zero-order chi connectivity index (χ0) is 65.2. The molecule has 0 fully saturated rings. The Morgan fingerprint density at radius 1 is 0.206 bits per heavy atom. The first kappa shape index (κ1) is 57.5. The summed E-state index contributed by atoms with van der Waals surface area (Å²) in [5.41, 5.74) is 32.5. The molecular formula is C97H74. The van der Waals surface area contributed by atoms with Crippen molar-refractivity contribution in [3.63, 3.8) is 0 Å². The van der Waals surface area contributed by atoms with Gasteiger partial charge in [0, 0.05) is 16.2 Å². The summed E-state index contributed by atoms with van der Waals surface area (Å²) >= 11 is 0. The highest BCUT2D eigenvalue weighted by Gasteiger charge is 2.40. The van der Waals surface area contributed by atoms with Gasteiger partial charge in [0.15, 0.2) is 0 Å². The Morgan fingerprint density at radius 2 is 0.433 bits per heavy atom. The van der Waals surface area contributed by atoms with Gasteiger partial charge in [0.2, 0.25) is 0 Å². The molecule has 0 radical (unpaired) electrons. The van der Waals surface area contributed by atoms with Crippen molar-refractivity contribution in [2.45, 2.75) is 84.0 Å². The van der Waals surface area contributed by atoms with Crippen molar-refractivity contribution in [2.24, 2.45) is 0 Å². The van der Waals surface area contributed by atoms with Crippen LogP contribution in [0.2, 0.25) is 0 Å². The standard InChI is InChI=1S/C97H74/c1-8-9-24-58-39-41-59(42-40-58)89-71-26-10-12-28-73(71)90(74-29-13-11-27-72(74)89)63-46-51-69-67-48-43-60(53-84(67)96(4,5)87(69)56-63)61-44-49-68-70-52-47-64(57-88(70)97(6,7)85(68)54-61)92-77-32-16-20-36-81(77)94(82-37-21-17-33-78(82)92)93-79-34-18-14-30-75(79)91(76-31-15-19-35-80(76)93)62-45-50-66-65-25-22-23-38-83(65)95(2,3)86(66)55-62/h10-23,25-57H,8-9,24H2,1-7H3. The lowest BCUT2D eigenvalue weighted by Crippen LogP contribution is -2.15. The predicted octanol–water partition coefficient (Wildman–Crippen LogP) is 26.9. The average molecular weight is 1240 g/mol. The summed E-state index contributed by atoms with van der Waals surface area (Å²) in [6.45, 7) is 16.8. The van der Waals surface area contributed by atoms with Crippen molar-refractivity contribution in [2.75, 3.05) is 0 Å². The Morgan fingerprint density at radius 3 is 0.742 bits per heavy atom. The minimum Gasteiger partial charge on any atom is -0.0654 e. The van der Waals surface area contributed by atoms with Crippen molar-refractivity contribution < 1.29 is 0 Å². The van der Waals surface area contributed by atoms with Gasteiger partial charge in [-0.15, -0.1) is 0 Å². The average Bonchev–Trinajstić information content (AvgIpc) is 1.72. The fraction of sp³-hybridized carbons (Fsp3) is 0.134. The number of hydrogen-bond donors (Lipinski definition) is 0. The van der Waals surface area contributed by atoms with Crippen LogP contribution in [0.4, 0.5) is 0 Å². The summed E-state index contributed by atoms with van der Waals surface area (Å²) in [5.74, 6) is 0. The molecule has 0 N–H and O–H groups in total. The van der Waals surface area contributed by atoms with E-state index in [9.17, 15) is 0 Å². The van der Waals surface area contributed by atoms with Gasteiger partial charge in [0.05, 0.1) is 0 Å². The molecule has 16 aromatic rings. The zero-order valence-corrected chi connectivity index (χ0v) is 56.3. The Balaban J connectivity index is 0.682. The Kier molecular flexibility index (Phi) is 12.6. The smallest absolute Gasteiger partial charge is 0.0159 e. The second kappa shape index (κ2) is 21.3. The van der Waals surface area contributed by atoms with Crippen LogP contribution >= 0.6 is 0 Å². The Hall–Kier alpha value is -10.9. The maximum absolute atomic E-state index is 2.54. The van der Waals surface area contributed by atoms with Gasteiger partial charge in [0.25, 0.3) is 0 Å². The van der Waals surface area contributed by atoms with Crippen molar-refractivity contribution in [1.82, 2.24) is 0 Å². The van der Waals surface area contributed by atoms with Crippen molar-refractivity contribution in [3.05, 3.63) is 324 Å². The molecule has 0 nitrogen and oxygen atoms in total. The van der Waals surface area contributed by atoms with E-state index in [-0.39, 0.29) is 16.2 Å². The third-order valence-corrected chi connectivity index (χ3v) is 23.2. The van der Waals surface area contributed by atoms with Crippen molar-refractivity contribution >= 4 is 64.6 Å². The van der Waals surface area contributed by atoms with Gasteiger partial charge in [-0.1, -0.05) is 310 Å². The fourth-order valence-electron chi connectivity index (χ4n) is 18.4. The molecule has 97 heavy (non-hydrogen) atoms. The van der Waals surface area contributed by atoms with Crippen LogP contribution in [0.3, 0.4) is 0 Å². The lowest BCUT2D eigenvalue weighted by atomic mass is 9.78. The molecule has 0 amide bonds. The van der Waals surface area contributed by atoms with Gasteiger partial charge in [-0.25, -0.2) is 0 Å². The molecular weight excluding hydrogens is 1170 g/mol. The molecule has 0 heteroatoms. The minimum atomic E-state index is -0.256. The molecule has 19 rings (SSSR count). The highest BCUT2D eigenvalue weighted by molar-refractivity contribution is 6.30. The Bertz CT molecular complexity index is 5890. The quantitative estimate of drug-likeness (QED) is 0.126. The maximum atomic E-state index is 2.54. The van der Waals surface area contributed by atoms with Gasteiger partial charge in [0.1, 0.15) is 0 Å². The van der Waals surface area contributed by atoms with Crippen LogP contribution in [0, 0.1) is 0 Å². The molecule has 3 aliphatic rings. The first-order valence-corrected chi connectivity index (χ1v) is 35.1. The van der Waals surface area contributed by atoms with E-state index in [1.165, 1.54) is 217 Å². The van der Waals surface area contributed by atoms with Crippen LogP contribution in [0.15, 0.2) is 285 Å². The molecule has 0 aliphatic heterocycles. The molecule has 0 aromatic heterocycles. The normalized spacial score (nSPS) is 14.3. The molecule has 16 aromatic carbocycles. The van der Waals surface area contributed by atoms with Crippen LogP contribution in [0.5, 0.6) is 0 Å². The third-order valence-electron chi connectivity index (χ3n) is 23.2. The number of unbranched alkanes of at least 4 members (excludes halogenated alkanes) is 1. The van der Waals surface area contributed by atoms with E-state index in [1.54, 1.807) is 0 Å². The SMILES string of the molecule is CCCCc1ccc(-c2c3ccccc3c(-c3ccc4c(c3)C(C)(C)c3cc(-c5ccc6c(c5)C(C)(C)c5cc(-c7c8ccccc8c(-c8c9ccccc9c(-c9ccc%10c(c9)C(C)(C)c9ccccc9-%10)c9ccccc89)c8ccccc78)ccc5-6)ccc3-4)c3ccccc23)cc1. The van der Waals surface area contributed by atoms with Crippen LogP contribution in [0.25, 0.3) is 165 Å². The van der Waals surface area contributed by atoms with E-state index < -0.39 is 0 Å². The highest BCUT2D eigenvalue weighted by atomic mass is 14.4. The zero-order valence-electron chi connectivity index (χ0n) is 56.3. The lowest BCUT2D eigenvalue weighted by Gasteiger charge is -2.25. The lowest BCUT2D eigenvalue weighted by molar-refractivity contribution is 0.660. The fourth-order valence-corrected chi connectivity index (χ4v) is 18.4. The topological polar surface area (TPSA) is 0 Å². The van der Waals surface area contributed by atoms with Gasteiger partial charge in [-0.3, -0.25) is 0 Å². The summed E-state index contributed by atoms with van der Waals surface area (Å²) in [6.07, 6.45) is 3.54. The molecule has 0 spiro atoms. The second-order valence-corrected chi connectivity index (χ2v) is 29.5. The second-order valence-electron chi connectivity index (χ2n) is 29.5. The molecule has 0 saturated heterocycles. The molecule has 3 aliphatic carbocycles. The molecule has 0 heterocycles. The summed E-state index contributed by atoms with van der Waals surface area (Å²) in [7, 11) is 0. The molecule has 0 unspecified atom stereocenters. The van der Waals surface area contributed by atoms with Gasteiger partial charge in [-0.05, 0) is 247 Å². The summed E-state index contributed by atoms with van der Waals surface area (Å²) in [6, 6.07) is 110. The molecule has 0 saturated carbocycles. The van der Waals surface area contributed by atoms with E-state index in [0.29, 0.717) is 0 Å². The number of benzene rings is 16. The minimum absolute atomic E-state index is 0.107. The van der Waals surface area contributed by atoms with E-state index in [0.717, 1.165) is 6.42 Å². The van der Waals surface area contributed by atoms with Gasteiger partial charge < -0.3 is 0 Å². The van der Waals surface area contributed by atoms with E-state index in [1.807, 2.05) is 0 Å². The number of fused-ring (bicyclic) bond motifs is 15. The van der Waals surface area contributed by atoms with Crippen molar-refractivity contribution in [1.29, 1.82) is 0 Å². The molecule has 0 bridgehead atoms. The molecule has 462 valence electrons. The van der Waals surface area contributed by atoms with E-state index in [4.69, 9.17) is 0 Å². The third kappa shape index (κ3) is 8.36. The number of rotatable bonds is 9. The van der Waals surface area contributed by atoms with Crippen molar-refractivity contribution in [3.8, 4) is 100 Å². The monoisotopic (exact) mass is 1240 g/mol. The van der Waals surface area contributed by atoms with Gasteiger partial charge in [-0.2, -0.15) is 0 Å². The summed E-state index contributed by atoms with van der Waals surface area (Å²) in [4.78, 5) is 0. The first-order valence-electron chi connectivity index (χ1n) is 35.1. The number of hydrogen-bond acceptors (Lipinski definition) is 0. The highest BCUT2D eigenvalue weighted by Crippen LogP contribution is 2.57. The van der Waals surface area contributed by atoms with Crippen LogP contribution in [-0.4, -0.2) is 0 Å². The summed E-state index contributed by atoms with van der Waals surface area (Å²) < 4.78 is 0. The van der Waals surface area contributed by atoms with Crippen LogP contribution in [0.1, 0.15) is 100 Å². The van der Waals surface area contributed by atoms with Gasteiger partial charge >= 0.3 is 0 Å². The Labute approximate surface area is 569 Å².